The Balaban J connectivity index is 2.76. The molecule has 0 aromatic rings. The smallest absolute Gasteiger partial charge is 0.0654 e. The second-order valence-corrected chi connectivity index (χ2v) is 3.79. The number of hydrogen-bond acceptors (Lipinski definition) is 0. The molecule has 0 aliphatic rings. The highest BCUT2D eigenvalue weighted by atomic mass is 14.8. The van der Waals surface area contributed by atoms with Crippen molar-refractivity contribution in [2.24, 2.45) is 0 Å². The van der Waals surface area contributed by atoms with Crippen molar-refractivity contribution in [3.63, 3.8) is 0 Å². The molecule has 1 nitrogen and oxygen atoms in total. The van der Waals surface area contributed by atoms with Gasteiger partial charge in [-0.25, -0.2) is 0 Å². The zero-order valence-corrected chi connectivity index (χ0v) is 9.52. The van der Waals surface area contributed by atoms with Crippen LogP contribution < -0.4 is 5.32 Å². The lowest BCUT2D eigenvalue weighted by Crippen LogP contribution is -2.08. The van der Waals surface area contributed by atoms with Gasteiger partial charge in [-0.05, 0) is 12.8 Å². The third-order valence-corrected chi connectivity index (χ3v) is 2.34. The van der Waals surface area contributed by atoms with E-state index in [9.17, 15) is 0 Å². The molecule has 0 fully saturated rings. The second kappa shape index (κ2) is 12.0. The minimum absolute atomic E-state index is 1.10. The predicted molar refractivity (Wildman–Crippen MR) is 60.2 cm³/mol. The van der Waals surface area contributed by atoms with E-state index in [1.807, 2.05) is 0 Å². The summed E-state index contributed by atoms with van der Waals surface area (Å²) in [4.78, 5) is 0. The molecule has 0 atom stereocenters. The molecule has 0 aromatic heterocycles. The SMILES string of the molecule is CCCCCC[N+]CCCCCC. The highest BCUT2D eigenvalue weighted by Gasteiger charge is 2.01. The Morgan fingerprint density at radius 2 is 1.08 bits per heavy atom. The first kappa shape index (κ1) is 13.0. The average Bonchev–Trinajstić information content (AvgIpc) is 2.16. The maximum absolute atomic E-state index is 4.51. The van der Waals surface area contributed by atoms with Crippen LogP contribution in [0.4, 0.5) is 0 Å². The van der Waals surface area contributed by atoms with Crippen molar-refractivity contribution in [1.29, 1.82) is 0 Å². The lowest BCUT2D eigenvalue weighted by molar-refractivity contribution is 0.557. The van der Waals surface area contributed by atoms with Crippen molar-refractivity contribution in [3.8, 4) is 0 Å². The summed E-state index contributed by atoms with van der Waals surface area (Å²) in [6.07, 6.45) is 10.8. The summed E-state index contributed by atoms with van der Waals surface area (Å²) in [7, 11) is 0. The van der Waals surface area contributed by atoms with E-state index in [0.29, 0.717) is 0 Å². The zero-order valence-electron chi connectivity index (χ0n) is 9.52. The molecule has 0 amide bonds. The lowest BCUT2D eigenvalue weighted by Gasteiger charge is -1.92. The molecule has 0 aromatic carbocycles. The molecule has 0 bridgehead atoms. The van der Waals surface area contributed by atoms with Crippen molar-refractivity contribution in [3.05, 3.63) is 0 Å². The van der Waals surface area contributed by atoms with Crippen molar-refractivity contribution in [1.82, 2.24) is 5.32 Å². The molecule has 0 spiro atoms. The van der Waals surface area contributed by atoms with E-state index >= 15 is 0 Å². The van der Waals surface area contributed by atoms with Gasteiger partial charge in [0.1, 0.15) is 0 Å². The molecule has 78 valence electrons. The molecular formula is C12H26N+. The van der Waals surface area contributed by atoms with Gasteiger partial charge in [0.25, 0.3) is 0 Å². The van der Waals surface area contributed by atoms with Gasteiger partial charge in [0, 0.05) is 12.8 Å². The molecule has 2 radical (unpaired) electrons. The van der Waals surface area contributed by atoms with Crippen LogP contribution in [0.15, 0.2) is 0 Å². The van der Waals surface area contributed by atoms with Gasteiger partial charge in [-0.1, -0.05) is 39.5 Å². The van der Waals surface area contributed by atoms with Crippen LogP contribution in [-0.4, -0.2) is 13.1 Å². The highest BCUT2D eigenvalue weighted by molar-refractivity contribution is 4.49. The van der Waals surface area contributed by atoms with E-state index in [1.165, 1.54) is 51.4 Å². The van der Waals surface area contributed by atoms with Crippen molar-refractivity contribution < 1.29 is 0 Å². The fourth-order valence-corrected chi connectivity index (χ4v) is 1.41. The van der Waals surface area contributed by atoms with Gasteiger partial charge in [0.15, 0.2) is 13.1 Å². The molecule has 0 unspecified atom stereocenters. The Morgan fingerprint density at radius 3 is 1.46 bits per heavy atom. The van der Waals surface area contributed by atoms with Crippen LogP contribution in [0.2, 0.25) is 0 Å². The van der Waals surface area contributed by atoms with E-state index in [1.54, 1.807) is 0 Å². The normalized spacial score (nSPS) is 10.6. The van der Waals surface area contributed by atoms with E-state index in [4.69, 9.17) is 0 Å². The van der Waals surface area contributed by atoms with Crippen LogP contribution in [0.3, 0.4) is 0 Å². The van der Waals surface area contributed by atoms with Gasteiger partial charge in [-0.2, -0.15) is 0 Å². The molecule has 1 heteroatoms. The van der Waals surface area contributed by atoms with Crippen molar-refractivity contribution >= 4 is 0 Å². The fourth-order valence-electron chi connectivity index (χ4n) is 1.41. The Labute approximate surface area is 84.3 Å². The largest absolute Gasteiger partial charge is 0.183 e. The summed E-state index contributed by atoms with van der Waals surface area (Å²) >= 11 is 0. The number of rotatable bonds is 10. The minimum atomic E-state index is 1.10. The molecule has 0 heterocycles. The van der Waals surface area contributed by atoms with E-state index in [2.05, 4.69) is 19.2 Å². The Hall–Kier alpha value is -0.0400. The predicted octanol–water partition coefficient (Wildman–Crippen LogP) is 3.75. The first-order valence-corrected chi connectivity index (χ1v) is 6.05. The zero-order chi connectivity index (χ0) is 9.78. The van der Waals surface area contributed by atoms with E-state index in [-0.39, 0.29) is 0 Å². The quantitative estimate of drug-likeness (QED) is 0.459. The summed E-state index contributed by atoms with van der Waals surface area (Å²) in [5.41, 5.74) is 0. The topological polar surface area (TPSA) is 14.1 Å². The van der Waals surface area contributed by atoms with Gasteiger partial charge in [-0.3, -0.25) is 0 Å². The first-order valence-electron chi connectivity index (χ1n) is 6.05. The molecule has 0 N–H and O–H groups in total. The molecule has 0 aliphatic carbocycles. The highest BCUT2D eigenvalue weighted by Crippen LogP contribution is 1.99. The maximum atomic E-state index is 4.51. The summed E-state index contributed by atoms with van der Waals surface area (Å²) in [5.74, 6) is 0. The molecule has 0 saturated carbocycles. The number of hydrogen-bond donors (Lipinski definition) is 0. The third kappa shape index (κ3) is 12.0. The van der Waals surface area contributed by atoms with Gasteiger partial charge in [0.2, 0.25) is 0 Å². The number of nitrogens with zero attached hydrogens (tertiary/aromatic N) is 1. The van der Waals surface area contributed by atoms with Crippen molar-refractivity contribution in [2.45, 2.75) is 65.2 Å². The Bertz CT molecular complexity index is 71.2. The first-order chi connectivity index (χ1) is 6.41. The van der Waals surface area contributed by atoms with Crippen molar-refractivity contribution in [2.75, 3.05) is 13.1 Å². The van der Waals surface area contributed by atoms with Gasteiger partial charge in [0.05, 0.1) is 5.32 Å². The monoisotopic (exact) mass is 184 g/mol. The molecule has 13 heavy (non-hydrogen) atoms. The van der Waals surface area contributed by atoms with Gasteiger partial charge in [-0.15, -0.1) is 0 Å². The standard InChI is InChI=1S/C12H26N/c1-3-5-7-9-11-13-12-10-8-6-4-2/h3-12H2,1-2H3/q+1. The van der Waals surface area contributed by atoms with Crippen LogP contribution in [0.1, 0.15) is 65.2 Å². The molecule has 0 saturated heterocycles. The van der Waals surface area contributed by atoms with E-state index < -0.39 is 0 Å². The summed E-state index contributed by atoms with van der Waals surface area (Å²) in [6.45, 7) is 6.71. The maximum Gasteiger partial charge on any atom is 0.183 e. The van der Waals surface area contributed by atoms with Crippen LogP contribution in [0.5, 0.6) is 0 Å². The Morgan fingerprint density at radius 1 is 0.615 bits per heavy atom. The summed E-state index contributed by atoms with van der Waals surface area (Å²) < 4.78 is 0. The third-order valence-electron chi connectivity index (χ3n) is 2.34. The second-order valence-electron chi connectivity index (χ2n) is 3.79. The lowest BCUT2D eigenvalue weighted by atomic mass is 10.2. The van der Waals surface area contributed by atoms with Crippen LogP contribution in [0, 0.1) is 0 Å². The van der Waals surface area contributed by atoms with Crippen LogP contribution in [-0.2, 0) is 0 Å². The number of unbranched alkanes of at least 4 members (excludes halogenated alkanes) is 6. The molecule has 0 aliphatic heterocycles. The summed E-state index contributed by atoms with van der Waals surface area (Å²) in [5, 5.41) is 4.51. The van der Waals surface area contributed by atoms with Gasteiger partial charge < -0.3 is 0 Å². The molecule has 0 rings (SSSR count). The minimum Gasteiger partial charge on any atom is -0.0654 e. The van der Waals surface area contributed by atoms with Crippen LogP contribution in [0.25, 0.3) is 0 Å². The summed E-state index contributed by atoms with van der Waals surface area (Å²) in [6, 6.07) is 0. The van der Waals surface area contributed by atoms with Gasteiger partial charge >= 0.3 is 0 Å². The molecular weight excluding hydrogens is 158 g/mol. The Kier molecular flexibility index (Phi) is 11.9. The van der Waals surface area contributed by atoms with Crippen LogP contribution >= 0.6 is 0 Å². The average molecular weight is 184 g/mol. The van der Waals surface area contributed by atoms with E-state index in [0.717, 1.165) is 13.1 Å². The fraction of sp³-hybridized carbons (Fsp3) is 1.00.